The molecule has 6 heteroatoms. The lowest BCUT2D eigenvalue weighted by Crippen LogP contribution is -2.12. The van der Waals surface area contributed by atoms with Crippen LogP contribution < -0.4 is 5.32 Å². The normalized spacial score (nSPS) is 10.6. The molecule has 0 saturated heterocycles. The first-order chi connectivity index (χ1) is 12.2. The highest BCUT2D eigenvalue weighted by Crippen LogP contribution is 2.21. The molecule has 1 aromatic heterocycles. The van der Waals surface area contributed by atoms with Crippen molar-refractivity contribution in [3.63, 3.8) is 0 Å². The zero-order chi connectivity index (χ0) is 17.5. The first-order valence-electron chi connectivity index (χ1n) is 8.03. The van der Waals surface area contributed by atoms with Crippen LogP contribution in [-0.4, -0.2) is 21.8 Å². The summed E-state index contributed by atoms with van der Waals surface area (Å²) < 4.78 is 5.29. The highest BCUT2D eigenvalue weighted by Gasteiger charge is 2.10. The summed E-state index contributed by atoms with van der Waals surface area (Å²) in [5.74, 6) is 2.48. The molecule has 2 aromatic carbocycles. The Bertz CT molecular complexity index is 833. The van der Waals surface area contributed by atoms with Crippen LogP contribution in [0.2, 0.25) is 0 Å². The van der Waals surface area contributed by atoms with Gasteiger partial charge in [-0.3, -0.25) is 4.79 Å². The predicted octanol–water partition coefficient (Wildman–Crippen LogP) is 4.31. The molecule has 0 radical (unpaired) electrons. The molecule has 3 rings (SSSR count). The number of thioether (sulfide) groups is 1. The van der Waals surface area contributed by atoms with Crippen molar-refractivity contribution in [2.75, 3.05) is 11.1 Å². The molecule has 0 saturated carbocycles. The maximum atomic E-state index is 11.9. The number of nitrogens with one attached hydrogen (secondary N) is 1. The largest absolute Gasteiger partial charge is 0.338 e. The number of carbonyl (C=O) groups excluding carboxylic acids is 1. The van der Waals surface area contributed by atoms with E-state index >= 15 is 0 Å². The minimum Gasteiger partial charge on any atom is -0.338 e. The van der Waals surface area contributed by atoms with E-state index in [0.29, 0.717) is 29.6 Å². The van der Waals surface area contributed by atoms with Gasteiger partial charge in [-0.25, -0.2) is 0 Å². The Hall–Kier alpha value is -2.60. The quantitative estimate of drug-likeness (QED) is 0.641. The molecule has 0 bridgehead atoms. The van der Waals surface area contributed by atoms with E-state index in [1.54, 1.807) is 11.8 Å². The molecule has 1 amide bonds. The number of aryl methyl sites for hydroxylation is 1. The summed E-state index contributed by atoms with van der Waals surface area (Å²) in [5, 5.41) is 6.91. The van der Waals surface area contributed by atoms with E-state index in [1.165, 1.54) is 0 Å². The predicted molar refractivity (Wildman–Crippen MR) is 100 cm³/mol. The standard InChI is InChI=1S/C19H19N3O2S/c1-14-7-5-6-10-16(14)19-21-18(24-22-19)13-25-12-11-17(23)20-15-8-3-2-4-9-15/h2-10H,11-13H2,1H3,(H,20,23). The second-order valence-electron chi connectivity index (χ2n) is 5.54. The van der Waals surface area contributed by atoms with Gasteiger partial charge in [0.25, 0.3) is 0 Å². The van der Waals surface area contributed by atoms with Crippen LogP contribution >= 0.6 is 11.8 Å². The third-order valence-corrected chi connectivity index (χ3v) is 4.55. The van der Waals surface area contributed by atoms with Crippen molar-refractivity contribution < 1.29 is 9.32 Å². The van der Waals surface area contributed by atoms with E-state index in [-0.39, 0.29) is 5.91 Å². The summed E-state index contributed by atoms with van der Waals surface area (Å²) in [5.41, 5.74) is 2.90. The average Bonchev–Trinajstić information content (AvgIpc) is 3.09. The highest BCUT2D eigenvalue weighted by molar-refractivity contribution is 7.98. The van der Waals surface area contributed by atoms with E-state index in [1.807, 2.05) is 61.5 Å². The Labute approximate surface area is 150 Å². The van der Waals surface area contributed by atoms with Gasteiger partial charge in [0.2, 0.25) is 17.6 Å². The fourth-order valence-corrected chi connectivity index (χ4v) is 3.08. The summed E-state index contributed by atoms with van der Waals surface area (Å²) >= 11 is 1.60. The van der Waals surface area contributed by atoms with Crippen LogP contribution in [0.4, 0.5) is 5.69 Å². The lowest BCUT2D eigenvalue weighted by Gasteiger charge is -2.04. The number of nitrogens with zero attached hydrogens (tertiary/aromatic N) is 2. The van der Waals surface area contributed by atoms with Crippen LogP contribution in [0.1, 0.15) is 17.9 Å². The second-order valence-corrected chi connectivity index (χ2v) is 6.65. The van der Waals surface area contributed by atoms with Gasteiger partial charge < -0.3 is 9.84 Å². The van der Waals surface area contributed by atoms with Crippen LogP contribution in [0.5, 0.6) is 0 Å². The van der Waals surface area contributed by atoms with Crippen molar-refractivity contribution >= 4 is 23.4 Å². The first kappa shape index (κ1) is 17.2. The first-order valence-corrected chi connectivity index (χ1v) is 9.19. The Morgan fingerprint density at radius 1 is 1.12 bits per heavy atom. The molecule has 0 atom stereocenters. The number of aromatic nitrogens is 2. The molecule has 0 unspecified atom stereocenters. The molecule has 0 aliphatic carbocycles. The zero-order valence-electron chi connectivity index (χ0n) is 13.9. The smallest absolute Gasteiger partial charge is 0.236 e. The summed E-state index contributed by atoms with van der Waals surface area (Å²) in [6, 6.07) is 17.4. The lowest BCUT2D eigenvalue weighted by atomic mass is 10.1. The summed E-state index contributed by atoms with van der Waals surface area (Å²) in [6.07, 6.45) is 0.443. The fraction of sp³-hybridized carbons (Fsp3) is 0.211. The van der Waals surface area contributed by atoms with E-state index in [4.69, 9.17) is 4.52 Å². The van der Waals surface area contributed by atoms with Gasteiger partial charge in [-0.15, -0.1) is 0 Å². The SMILES string of the molecule is Cc1ccccc1-c1noc(CSCCC(=O)Nc2ccccc2)n1. The van der Waals surface area contributed by atoms with Crippen LogP contribution in [0, 0.1) is 6.92 Å². The summed E-state index contributed by atoms with van der Waals surface area (Å²) in [6.45, 7) is 2.02. The summed E-state index contributed by atoms with van der Waals surface area (Å²) in [4.78, 5) is 16.3. The number of carbonyl (C=O) groups is 1. The fourth-order valence-electron chi connectivity index (χ4n) is 2.32. The minimum absolute atomic E-state index is 0.00447. The van der Waals surface area contributed by atoms with E-state index in [9.17, 15) is 4.79 Å². The third kappa shape index (κ3) is 4.93. The number of benzene rings is 2. The van der Waals surface area contributed by atoms with Crippen molar-refractivity contribution in [3.05, 3.63) is 66.1 Å². The van der Waals surface area contributed by atoms with E-state index in [2.05, 4.69) is 15.5 Å². The molecule has 0 aliphatic rings. The van der Waals surface area contributed by atoms with Crippen molar-refractivity contribution in [2.24, 2.45) is 0 Å². The van der Waals surface area contributed by atoms with Gasteiger partial charge >= 0.3 is 0 Å². The molecule has 0 spiro atoms. The molecular weight excluding hydrogens is 334 g/mol. The topological polar surface area (TPSA) is 68.0 Å². The monoisotopic (exact) mass is 353 g/mol. The Balaban J connectivity index is 1.44. The Morgan fingerprint density at radius 3 is 2.68 bits per heavy atom. The number of rotatable bonds is 7. The molecule has 1 heterocycles. The molecule has 25 heavy (non-hydrogen) atoms. The van der Waals surface area contributed by atoms with Crippen molar-refractivity contribution in [2.45, 2.75) is 19.1 Å². The molecule has 0 fully saturated rings. The number of hydrogen-bond acceptors (Lipinski definition) is 5. The van der Waals surface area contributed by atoms with Crippen LogP contribution in [0.3, 0.4) is 0 Å². The highest BCUT2D eigenvalue weighted by atomic mass is 32.2. The molecular formula is C19H19N3O2S. The van der Waals surface area contributed by atoms with Crippen LogP contribution in [-0.2, 0) is 10.5 Å². The van der Waals surface area contributed by atoms with Crippen LogP contribution in [0.15, 0.2) is 59.1 Å². The molecule has 1 N–H and O–H groups in total. The number of anilines is 1. The van der Waals surface area contributed by atoms with Gasteiger partial charge in [0.1, 0.15) is 0 Å². The Kier molecular flexibility index (Phi) is 5.85. The minimum atomic E-state index is 0.00447. The molecule has 5 nitrogen and oxygen atoms in total. The average molecular weight is 353 g/mol. The van der Waals surface area contributed by atoms with E-state index in [0.717, 1.165) is 16.8 Å². The number of amides is 1. The second kappa shape index (κ2) is 8.48. The third-order valence-electron chi connectivity index (χ3n) is 3.61. The maximum absolute atomic E-state index is 11.9. The molecule has 0 aliphatic heterocycles. The summed E-state index contributed by atoms with van der Waals surface area (Å²) in [7, 11) is 0. The maximum Gasteiger partial charge on any atom is 0.236 e. The molecule has 3 aromatic rings. The van der Waals surface area contributed by atoms with Gasteiger partial charge in [0.15, 0.2) is 0 Å². The van der Waals surface area contributed by atoms with Crippen molar-refractivity contribution in [3.8, 4) is 11.4 Å². The van der Waals surface area contributed by atoms with Gasteiger partial charge in [0, 0.05) is 23.4 Å². The van der Waals surface area contributed by atoms with Gasteiger partial charge in [-0.05, 0) is 24.6 Å². The van der Waals surface area contributed by atoms with Crippen molar-refractivity contribution in [1.29, 1.82) is 0 Å². The lowest BCUT2D eigenvalue weighted by molar-refractivity contribution is -0.115. The number of para-hydroxylation sites is 1. The van der Waals surface area contributed by atoms with Gasteiger partial charge in [0.05, 0.1) is 5.75 Å². The molecule has 128 valence electrons. The van der Waals surface area contributed by atoms with Crippen LogP contribution in [0.25, 0.3) is 11.4 Å². The zero-order valence-corrected chi connectivity index (χ0v) is 14.8. The number of hydrogen-bond donors (Lipinski definition) is 1. The van der Waals surface area contributed by atoms with Gasteiger partial charge in [-0.2, -0.15) is 16.7 Å². The van der Waals surface area contributed by atoms with Gasteiger partial charge in [-0.1, -0.05) is 47.6 Å². The van der Waals surface area contributed by atoms with Crippen molar-refractivity contribution in [1.82, 2.24) is 10.1 Å². The van der Waals surface area contributed by atoms with E-state index < -0.39 is 0 Å². The Morgan fingerprint density at radius 2 is 1.88 bits per heavy atom.